The summed E-state index contributed by atoms with van der Waals surface area (Å²) in [5.41, 5.74) is 1.90. The van der Waals surface area contributed by atoms with E-state index in [-0.39, 0.29) is 11.9 Å². The van der Waals surface area contributed by atoms with Crippen LogP contribution in [0.5, 0.6) is 0 Å². The number of benzene rings is 1. The molecule has 2 aromatic rings. The van der Waals surface area contributed by atoms with Gasteiger partial charge in [0, 0.05) is 5.88 Å². The molecule has 1 unspecified atom stereocenters. The van der Waals surface area contributed by atoms with E-state index in [1.165, 1.54) is 11.3 Å². The molecule has 1 aromatic heterocycles. The van der Waals surface area contributed by atoms with Gasteiger partial charge in [-0.2, -0.15) is 0 Å². The van der Waals surface area contributed by atoms with Crippen LogP contribution in [-0.4, -0.2) is 11.8 Å². The molecule has 0 saturated carbocycles. The molecule has 1 aromatic carbocycles. The Hall–Kier alpha value is -1.03. The Morgan fingerprint density at radius 3 is 2.58 bits per heavy atom. The number of alkyl halides is 1. The number of aryl methyl sites for hydroxylation is 1. The van der Waals surface area contributed by atoms with Crippen LogP contribution in [0.25, 0.3) is 0 Å². The highest BCUT2D eigenvalue weighted by Gasteiger charge is 2.19. The standard InChI is InChI=1S/C14H13Cl2NOS/c1-9-8-19-13(12(9)16)14(18)17-11(7-15)10-5-3-2-4-6-10/h2-6,8,11H,7H2,1H3,(H,17,18). The van der Waals surface area contributed by atoms with Gasteiger partial charge >= 0.3 is 0 Å². The summed E-state index contributed by atoms with van der Waals surface area (Å²) in [6.45, 7) is 1.88. The number of halogens is 2. The Balaban J connectivity index is 2.15. The zero-order valence-corrected chi connectivity index (χ0v) is 12.6. The van der Waals surface area contributed by atoms with E-state index >= 15 is 0 Å². The predicted octanol–water partition coefficient (Wildman–Crippen LogP) is 4.42. The van der Waals surface area contributed by atoms with Gasteiger partial charge in [-0.3, -0.25) is 4.79 Å². The molecule has 0 aliphatic carbocycles. The first-order valence-electron chi connectivity index (χ1n) is 5.79. The fraction of sp³-hybridized carbons (Fsp3) is 0.214. The summed E-state index contributed by atoms with van der Waals surface area (Å²) in [6, 6.07) is 9.43. The first-order chi connectivity index (χ1) is 9.13. The van der Waals surface area contributed by atoms with Crippen LogP contribution < -0.4 is 5.32 Å². The van der Waals surface area contributed by atoms with Crippen molar-refractivity contribution in [1.82, 2.24) is 5.32 Å². The summed E-state index contributed by atoms with van der Waals surface area (Å²) in [5, 5.41) is 5.30. The second-order valence-corrected chi connectivity index (χ2v) is 5.72. The molecule has 5 heteroatoms. The third-order valence-corrected chi connectivity index (χ3v) is 4.77. The lowest BCUT2D eigenvalue weighted by atomic mass is 10.1. The lowest BCUT2D eigenvalue weighted by Crippen LogP contribution is -2.29. The van der Waals surface area contributed by atoms with E-state index < -0.39 is 0 Å². The second kappa shape index (κ2) is 6.42. The molecule has 0 spiro atoms. The third-order valence-electron chi connectivity index (χ3n) is 2.77. The summed E-state index contributed by atoms with van der Waals surface area (Å²) >= 11 is 13.4. The number of nitrogens with one attached hydrogen (secondary N) is 1. The molecule has 0 aliphatic rings. The largest absolute Gasteiger partial charge is 0.343 e. The van der Waals surface area contributed by atoms with Crippen molar-refractivity contribution in [3.05, 3.63) is 56.7 Å². The third kappa shape index (κ3) is 3.30. The van der Waals surface area contributed by atoms with Gasteiger partial charge in [0.25, 0.3) is 5.91 Å². The highest BCUT2D eigenvalue weighted by molar-refractivity contribution is 7.13. The van der Waals surface area contributed by atoms with Gasteiger partial charge in [-0.25, -0.2) is 0 Å². The molecular weight excluding hydrogens is 301 g/mol. The van der Waals surface area contributed by atoms with Gasteiger partial charge in [0.2, 0.25) is 0 Å². The van der Waals surface area contributed by atoms with Crippen molar-refractivity contribution in [3.8, 4) is 0 Å². The van der Waals surface area contributed by atoms with Crippen LogP contribution in [-0.2, 0) is 0 Å². The predicted molar refractivity (Wildman–Crippen MR) is 81.4 cm³/mol. The van der Waals surface area contributed by atoms with Gasteiger partial charge < -0.3 is 5.32 Å². The van der Waals surface area contributed by atoms with Gasteiger partial charge in [-0.1, -0.05) is 41.9 Å². The molecule has 1 heterocycles. The Kier molecular flexibility index (Phi) is 4.86. The maximum atomic E-state index is 12.2. The lowest BCUT2D eigenvalue weighted by molar-refractivity contribution is 0.0944. The van der Waals surface area contributed by atoms with E-state index in [0.717, 1.165) is 11.1 Å². The number of rotatable bonds is 4. The van der Waals surface area contributed by atoms with Crippen molar-refractivity contribution in [1.29, 1.82) is 0 Å². The average Bonchev–Trinajstić information content (AvgIpc) is 2.77. The molecule has 0 radical (unpaired) electrons. The Labute approximate surface area is 126 Å². The van der Waals surface area contributed by atoms with Gasteiger partial charge in [-0.05, 0) is 23.4 Å². The number of hydrogen-bond acceptors (Lipinski definition) is 2. The number of amides is 1. The minimum atomic E-state index is -0.214. The van der Waals surface area contributed by atoms with Crippen molar-refractivity contribution in [2.45, 2.75) is 13.0 Å². The number of carbonyl (C=O) groups is 1. The van der Waals surface area contributed by atoms with E-state index in [1.54, 1.807) is 0 Å². The second-order valence-electron chi connectivity index (χ2n) is 4.15. The van der Waals surface area contributed by atoms with E-state index in [4.69, 9.17) is 23.2 Å². The zero-order valence-electron chi connectivity index (χ0n) is 10.3. The van der Waals surface area contributed by atoms with Crippen LogP contribution in [0, 0.1) is 6.92 Å². The monoisotopic (exact) mass is 313 g/mol. The molecule has 0 aliphatic heterocycles. The molecule has 1 N–H and O–H groups in total. The molecule has 0 fully saturated rings. The first kappa shape index (κ1) is 14.4. The van der Waals surface area contributed by atoms with Crippen molar-refractivity contribution >= 4 is 40.4 Å². The number of thiophene rings is 1. The Morgan fingerprint density at radius 2 is 2.05 bits per heavy atom. The SMILES string of the molecule is Cc1csc(C(=O)NC(CCl)c2ccccc2)c1Cl. The van der Waals surface area contributed by atoms with E-state index in [9.17, 15) is 4.79 Å². The number of carbonyl (C=O) groups excluding carboxylic acids is 1. The van der Waals surface area contributed by atoms with Crippen LogP contribution in [0.15, 0.2) is 35.7 Å². The van der Waals surface area contributed by atoms with E-state index in [0.29, 0.717) is 15.8 Å². The summed E-state index contributed by atoms with van der Waals surface area (Å²) < 4.78 is 0. The van der Waals surface area contributed by atoms with Crippen molar-refractivity contribution in [3.63, 3.8) is 0 Å². The first-order valence-corrected chi connectivity index (χ1v) is 7.58. The van der Waals surface area contributed by atoms with Gasteiger partial charge in [0.1, 0.15) is 4.88 Å². The maximum absolute atomic E-state index is 12.2. The lowest BCUT2D eigenvalue weighted by Gasteiger charge is -2.16. The normalized spacial score (nSPS) is 12.2. The smallest absolute Gasteiger partial charge is 0.263 e. The van der Waals surface area contributed by atoms with Crippen LogP contribution >= 0.6 is 34.5 Å². The van der Waals surface area contributed by atoms with Gasteiger partial charge in [-0.15, -0.1) is 22.9 Å². The summed E-state index contributed by atoms with van der Waals surface area (Å²) in [6.07, 6.45) is 0. The minimum Gasteiger partial charge on any atom is -0.343 e. The highest BCUT2D eigenvalue weighted by Crippen LogP contribution is 2.27. The molecule has 0 bridgehead atoms. The summed E-state index contributed by atoms with van der Waals surface area (Å²) in [7, 11) is 0. The molecule has 0 saturated heterocycles. The molecule has 100 valence electrons. The molecular formula is C14H13Cl2NOS. The maximum Gasteiger partial charge on any atom is 0.263 e. The van der Waals surface area contributed by atoms with E-state index in [2.05, 4.69) is 5.32 Å². The Bertz CT molecular complexity index is 568. The average molecular weight is 314 g/mol. The van der Waals surface area contributed by atoms with E-state index in [1.807, 2.05) is 42.6 Å². The van der Waals surface area contributed by atoms with Gasteiger partial charge in [0.15, 0.2) is 0 Å². The van der Waals surface area contributed by atoms with Crippen LogP contribution in [0.1, 0.15) is 26.8 Å². The van der Waals surface area contributed by atoms with Crippen molar-refractivity contribution in [2.24, 2.45) is 0 Å². The van der Waals surface area contributed by atoms with Crippen LogP contribution in [0.2, 0.25) is 5.02 Å². The van der Waals surface area contributed by atoms with Crippen molar-refractivity contribution in [2.75, 3.05) is 5.88 Å². The minimum absolute atomic E-state index is 0.183. The summed E-state index contributed by atoms with van der Waals surface area (Å²) in [5.74, 6) is 0.134. The molecule has 1 atom stereocenters. The quantitative estimate of drug-likeness (QED) is 0.832. The molecule has 1 amide bonds. The molecule has 2 nitrogen and oxygen atoms in total. The number of hydrogen-bond donors (Lipinski definition) is 1. The zero-order chi connectivity index (χ0) is 13.8. The molecule has 19 heavy (non-hydrogen) atoms. The topological polar surface area (TPSA) is 29.1 Å². The van der Waals surface area contributed by atoms with Crippen LogP contribution in [0.4, 0.5) is 0 Å². The fourth-order valence-electron chi connectivity index (χ4n) is 1.70. The van der Waals surface area contributed by atoms with Crippen molar-refractivity contribution < 1.29 is 4.79 Å². The van der Waals surface area contributed by atoms with Gasteiger partial charge in [0.05, 0.1) is 11.1 Å². The fourth-order valence-corrected chi connectivity index (χ4v) is 3.14. The molecule has 2 rings (SSSR count). The highest BCUT2D eigenvalue weighted by atomic mass is 35.5. The van der Waals surface area contributed by atoms with Crippen LogP contribution in [0.3, 0.4) is 0 Å². The Morgan fingerprint density at radius 1 is 1.37 bits per heavy atom. The summed E-state index contributed by atoms with van der Waals surface area (Å²) in [4.78, 5) is 12.7.